The highest BCUT2D eigenvalue weighted by molar-refractivity contribution is 6.30. The largest absolute Gasteiger partial charge is 0.448 e. The number of halogens is 1. The Morgan fingerprint density at radius 2 is 1.91 bits per heavy atom. The average Bonchev–Trinajstić information content (AvgIpc) is 3.45. The Balaban J connectivity index is 1.35. The fourth-order valence-corrected chi connectivity index (χ4v) is 5.15. The van der Waals surface area contributed by atoms with Crippen LogP contribution in [0.2, 0.25) is 5.02 Å². The fraction of sp³-hybridized carbons (Fsp3) is 0.400. The lowest BCUT2D eigenvalue weighted by atomic mass is 9.84. The van der Waals surface area contributed by atoms with Crippen LogP contribution < -0.4 is 10.6 Å². The minimum absolute atomic E-state index is 0.0162. The smallest absolute Gasteiger partial charge is 0.294 e. The van der Waals surface area contributed by atoms with E-state index in [1.165, 1.54) is 6.20 Å². The third-order valence-electron chi connectivity index (χ3n) is 6.83. The molecule has 3 amide bonds. The molecule has 182 valence electrons. The van der Waals surface area contributed by atoms with Crippen molar-refractivity contribution in [2.75, 3.05) is 17.2 Å². The van der Waals surface area contributed by atoms with Crippen molar-refractivity contribution in [2.24, 2.45) is 5.92 Å². The zero-order chi connectivity index (χ0) is 24.5. The number of nitrogens with zero attached hydrogens (tertiary/aromatic N) is 3. The first-order valence-electron chi connectivity index (χ1n) is 11.8. The summed E-state index contributed by atoms with van der Waals surface area (Å²) in [5, 5.41) is 6.68. The highest BCUT2D eigenvalue weighted by Gasteiger charge is 2.34. The third kappa shape index (κ3) is 4.73. The van der Waals surface area contributed by atoms with E-state index < -0.39 is 5.91 Å². The number of aromatic nitrogens is 2. The van der Waals surface area contributed by atoms with Gasteiger partial charge < -0.3 is 20.0 Å². The molecular weight excluding hydrogens is 470 g/mol. The number of likely N-dealkylation sites (tertiary alicyclic amines) is 1. The highest BCUT2D eigenvalue weighted by atomic mass is 35.5. The minimum atomic E-state index is -0.540. The number of nitrogens with one attached hydrogen (secondary N) is 2. The maximum Gasteiger partial charge on any atom is 0.294 e. The van der Waals surface area contributed by atoms with E-state index in [2.05, 4.69) is 20.6 Å². The number of amides is 3. The van der Waals surface area contributed by atoms with Crippen LogP contribution >= 0.6 is 11.6 Å². The molecule has 3 aromatic heterocycles. The summed E-state index contributed by atoms with van der Waals surface area (Å²) in [7, 11) is 0. The van der Waals surface area contributed by atoms with Gasteiger partial charge in [0.1, 0.15) is 17.1 Å². The van der Waals surface area contributed by atoms with Crippen LogP contribution in [0.15, 0.2) is 35.0 Å². The standard InChI is InChI=1S/C25H26ClN5O4/c1-14-21-18(10-11-27-14)35-23(25(34)29-19-9-6-16(26)13-28-19)22(21)30-24(33)15-4-7-17(8-5-15)31-12-2-3-20(31)32/h6,9-11,13,15,17H,2-5,7-8,12H2,1H3,(H,30,33)(H,28,29,34)/t15-,17-. The molecule has 5 rings (SSSR count). The van der Waals surface area contributed by atoms with Gasteiger partial charge in [-0.3, -0.25) is 19.4 Å². The summed E-state index contributed by atoms with van der Waals surface area (Å²) in [4.78, 5) is 48.8. The molecule has 0 unspecified atom stereocenters. The van der Waals surface area contributed by atoms with Gasteiger partial charge in [0.2, 0.25) is 17.6 Å². The first-order chi connectivity index (χ1) is 16.9. The van der Waals surface area contributed by atoms with Gasteiger partial charge in [-0.25, -0.2) is 4.98 Å². The van der Waals surface area contributed by atoms with E-state index in [0.717, 1.165) is 25.8 Å². The molecule has 9 nitrogen and oxygen atoms in total. The predicted octanol–water partition coefficient (Wildman–Crippen LogP) is 4.56. The topological polar surface area (TPSA) is 117 Å². The summed E-state index contributed by atoms with van der Waals surface area (Å²) >= 11 is 5.88. The van der Waals surface area contributed by atoms with Crippen molar-refractivity contribution in [2.45, 2.75) is 51.5 Å². The summed E-state index contributed by atoms with van der Waals surface area (Å²) < 4.78 is 5.86. The molecule has 4 heterocycles. The van der Waals surface area contributed by atoms with Crippen molar-refractivity contribution in [1.82, 2.24) is 14.9 Å². The second kappa shape index (κ2) is 9.65. The molecule has 2 fully saturated rings. The van der Waals surface area contributed by atoms with Gasteiger partial charge in [-0.1, -0.05) is 11.6 Å². The number of anilines is 2. The van der Waals surface area contributed by atoms with Gasteiger partial charge in [-0.05, 0) is 57.2 Å². The normalized spacial score (nSPS) is 20.3. The summed E-state index contributed by atoms with van der Waals surface area (Å²) in [6.45, 7) is 2.61. The van der Waals surface area contributed by atoms with Gasteiger partial charge >= 0.3 is 0 Å². The molecule has 3 aromatic rings. The molecule has 2 aliphatic rings. The lowest BCUT2D eigenvalue weighted by Gasteiger charge is -2.34. The summed E-state index contributed by atoms with van der Waals surface area (Å²) in [6.07, 6.45) is 7.52. The van der Waals surface area contributed by atoms with Crippen LogP contribution in [-0.4, -0.2) is 45.2 Å². The molecule has 0 radical (unpaired) electrons. The highest BCUT2D eigenvalue weighted by Crippen LogP contribution is 2.35. The van der Waals surface area contributed by atoms with Crippen LogP contribution in [0.25, 0.3) is 11.0 Å². The first-order valence-corrected chi connectivity index (χ1v) is 12.2. The molecule has 1 saturated carbocycles. The Hall–Kier alpha value is -3.46. The predicted molar refractivity (Wildman–Crippen MR) is 131 cm³/mol. The van der Waals surface area contributed by atoms with Crippen LogP contribution in [0.4, 0.5) is 11.5 Å². The van der Waals surface area contributed by atoms with E-state index in [9.17, 15) is 14.4 Å². The number of fused-ring (bicyclic) bond motifs is 1. The summed E-state index contributed by atoms with van der Waals surface area (Å²) in [5.41, 5.74) is 1.40. The number of furan rings is 1. The second-order valence-electron chi connectivity index (χ2n) is 9.08. The van der Waals surface area contributed by atoms with Crippen molar-refractivity contribution in [3.63, 3.8) is 0 Å². The van der Waals surface area contributed by atoms with E-state index in [1.807, 2.05) is 4.90 Å². The number of rotatable bonds is 5. The van der Waals surface area contributed by atoms with Gasteiger partial charge in [0.05, 0.1) is 16.1 Å². The number of hydrogen-bond acceptors (Lipinski definition) is 6. The van der Waals surface area contributed by atoms with E-state index in [0.29, 0.717) is 52.5 Å². The van der Waals surface area contributed by atoms with Crippen LogP contribution in [0.5, 0.6) is 0 Å². The molecule has 0 bridgehead atoms. The van der Waals surface area contributed by atoms with Crippen molar-refractivity contribution in [3.8, 4) is 0 Å². The molecule has 0 atom stereocenters. The molecule has 35 heavy (non-hydrogen) atoms. The third-order valence-corrected chi connectivity index (χ3v) is 7.06. The average molecular weight is 496 g/mol. The second-order valence-corrected chi connectivity index (χ2v) is 9.51. The van der Waals surface area contributed by atoms with Crippen LogP contribution in [-0.2, 0) is 9.59 Å². The van der Waals surface area contributed by atoms with E-state index in [4.69, 9.17) is 16.0 Å². The van der Waals surface area contributed by atoms with Gasteiger partial charge in [-0.15, -0.1) is 0 Å². The van der Waals surface area contributed by atoms with Crippen molar-refractivity contribution in [3.05, 3.63) is 47.1 Å². The number of hydrogen-bond donors (Lipinski definition) is 2. The lowest BCUT2D eigenvalue weighted by Crippen LogP contribution is -2.40. The Morgan fingerprint density at radius 3 is 2.60 bits per heavy atom. The van der Waals surface area contributed by atoms with Gasteiger partial charge in [0.25, 0.3) is 5.91 Å². The molecular formula is C25H26ClN5O4. The van der Waals surface area contributed by atoms with Crippen molar-refractivity contribution < 1.29 is 18.8 Å². The number of carbonyl (C=O) groups excluding carboxylic acids is 3. The van der Waals surface area contributed by atoms with Gasteiger partial charge in [-0.2, -0.15) is 0 Å². The number of carbonyl (C=O) groups is 3. The molecule has 1 aliphatic heterocycles. The van der Waals surface area contributed by atoms with E-state index in [-0.39, 0.29) is 29.5 Å². The molecule has 1 saturated heterocycles. The van der Waals surface area contributed by atoms with Gasteiger partial charge in [0, 0.05) is 37.3 Å². The van der Waals surface area contributed by atoms with Crippen molar-refractivity contribution >= 4 is 51.8 Å². The molecule has 1 aliphatic carbocycles. The monoisotopic (exact) mass is 495 g/mol. The maximum absolute atomic E-state index is 13.3. The van der Waals surface area contributed by atoms with Crippen molar-refractivity contribution in [1.29, 1.82) is 0 Å². The van der Waals surface area contributed by atoms with Crippen LogP contribution in [0.1, 0.15) is 54.8 Å². The summed E-state index contributed by atoms with van der Waals surface area (Å²) in [5.74, 6) is -0.404. The zero-order valence-corrected chi connectivity index (χ0v) is 20.1. The molecule has 2 N–H and O–H groups in total. The fourth-order valence-electron chi connectivity index (χ4n) is 5.04. The summed E-state index contributed by atoms with van der Waals surface area (Å²) in [6, 6.07) is 5.07. The number of pyridine rings is 2. The first kappa shape index (κ1) is 23.3. The lowest BCUT2D eigenvalue weighted by molar-refractivity contribution is -0.130. The molecule has 10 heteroatoms. The van der Waals surface area contributed by atoms with E-state index >= 15 is 0 Å². The maximum atomic E-state index is 13.3. The molecule has 0 aromatic carbocycles. The zero-order valence-electron chi connectivity index (χ0n) is 19.3. The Morgan fingerprint density at radius 1 is 1.11 bits per heavy atom. The van der Waals surface area contributed by atoms with E-state index in [1.54, 1.807) is 31.3 Å². The minimum Gasteiger partial charge on any atom is -0.448 e. The Kier molecular flexibility index (Phi) is 6.42. The molecule has 0 spiro atoms. The Labute approximate surface area is 207 Å². The number of aryl methyl sites for hydroxylation is 1. The van der Waals surface area contributed by atoms with Crippen LogP contribution in [0, 0.1) is 12.8 Å². The SMILES string of the molecule is Cc1nccc2oc(C(=O)Nc3ccc(Cl)cn3)c(NC(=O)[C@H]3CC[C@H](N4CCCC4=O)CC3)c12. The Bertz CT molecular complexity index is 1280. The van der Waals surface area contributed by atoms with Crippen LogP contribution in [0.3, 0.4) is 0 Å². The van der Waals surface area contributed by atoms with Gasteiger partial charge in [0.15, 0.2) is 0 Å². The quantitative estimate of drug-likeness (QED) is 0.536.